The van der Waals surface area contributed by atoms with Gasteiger partial charge in [0, 0.05) is 29.9 Å². The Morgan fingerprint density at radius 3 is 2.76 bits per heavy atom. The van der Waals surface area contributed by atoms with E-state index >= 15 is 0 Å². The molecule has 0 atom stereocenters. The number of thiazole rings is 1. The molecule has 0 aliphatic heterocycles. The van der Waals surface area contributed by atoms with Crippen LogP contribution in [0.2, 0.25) is 0 Å². The first-order chi connectivity index (χ1) is 10.1. The summed E-state index contributed by atoms with van der Waals surface area (Å²) in [6.07, 6.45) is 3.24. The van der Waals surface area contributed by atoms with E-state index in [4.69, 9.17) is 5.73 Å². The van der Waals surface area contributed by atoms with E-state index in [1.807, 2.05) is 36.7 Å². The molecule has 106 valence electrons. The van der Waals surface area contributed by atoms with Crippen molar-refractivity contribution in [3.05, 3.63) is 47.9 Å². The lowest BCUT2D eigenvalue weighted by Crippen LogP contribution is -2.12. The van der Waals surface area contributed by atoms with E-state index in [0.717, 1.165) is 11.3 Å². The maximum absolute atomic E-state index is 12.0. The highest BCUT2D eigenvalue weighted by Gasteiger charge is 2.11. The average molecular weight is 299 g/mol. The van der Waals surface area contributed by atoms with E-state index in [-0.39, 0.29) is 5.91 Å². The van der Waals surface area contributed by atoms with Crippen molar-refractivity contribution in [3.63, 3.8) is 0 Å². The smallest absolute Gasteiger partial charge is 0.277 e. The molecular weight excluding hydrogens is 286 g/mol. The number of carbonyl (C=O) groups excluding carboxylic acids is 1. The van der Waals surface area contributed by atoms with E-state index in [2.05, 4.69) is 15.3 Å². The molecular formula is C14H13N5OS. The number of nitrogens with zero attached hydrogens (tertiary/aromatic N) is 3. The van der Waals surface area contributed by atoms with Crippen molar-refractivity contribution >= 4 is 28.1 Å². The van der Waals surface area contributed by atoms with Crippen molar-refractivity contribution in [3.8, 4) is 11.3 Å². The Kier molecular flexibility index (Phi) is 3.41. The van der Waals surface area contributed by atoms with Crippen LogP contribution in [0.4, 0.5) is 10.8 Å². The molecule has 21 heavy (non-hydrogen) atoms. The number of amides is 1. The van der Waals surface area contributed by atoms with Gasteiger partial charge in [0.15, 0.2) is 5.13 Å². The highest BCUT2D eigenvalue weighted by atomic mass is 32.1. The van der Waals surface area contributed by atoms with E-state index < -0.39 is 0 Å². The van der Waals surface area contributed by atoms with Crippen molar-refractivity contribution in [1.82, 2.24) is 14.5 Å². The summed E-state index contributed by atoms with van der Waals surface area (Å²) in [5.41, 5.74) is 8.49. The summed E-state index contributed by atoms with van der Waals surface area (Å²) in [5, 5.41) is 5.17. The summed E-state index contributed by atoms with van der Waals surface area (Å²) < 4.78 is 1.72. The van der Waals surface area contributed by atoms with Crippen molar-refractivity contribution < 1.29 is 4.79 Å². The molecule has 2 heterocycles. The third-order valence-electron chi connectivity index (χ3n) is 2.87. The second-order valence-corrected chi connectivity index (χ2v) is 5.40. The number of aromatic nitrogens is 3. The van der Waals surface area contributed by atoms with E-state index in [0.29, 0.717) is 16.5 Å². The van der Waals surface area contributed by atoms with E-state index in [1.165, 1.54) is 11.3 Å². The quantitative estimate of drug-likeness (QED) is 0.727. The van der Waals surface area contributed by atoms with Gasteiger partial charge in [-0.2, -0.15) is 0 Å². The molecule has 0 unspecified atom stereocenters. The molecule has 0 fully saturated rings. The van der Waals surface area contributed by atoms with Gasteiger partial charge in [0.25, 0.3) is 5.91 Å². The number of carbonyl (C=O) groups is 1. The summed E-state index contributed by atoms with van der Waals surface area (Å²) >= 11 is 1.37. The number of nitrogens with one attached hydrogen (secondary N) is 1. The zero-order chi connectivity index (χ0) is 14.8. The summed E-state index contributed by atoms with van der Waals surface area (Å²) in [5.74, 6) is -0.270. The molecule has 3 N–H and O–H groups in total. The molecule has 0 aliphatic rings. The number of nitrogen functional groups attached to an aromatic ring is 1. The molecule has 3 aromatic rings. The summed E-state index contributed by atoms with van der Waals surface area (Å²) in [7, 11) is 1.81. The number of nitrogens with two attached hydrogens (primary N) is 1. The molecule has 0 radical (unpaired) electrons. The zero-order valence-corrected chi connectivity index (χ0v) is 12.1. The maximum Gasteiger partial charge on any atom is 0.277 e. The Labute approximate surface area is 125 Å². The third kappa shape index (κ3) is 2.92. The number of rotatable bonds is 3. The predicted molar refractivity (Wildman–Crippen MR) is 83.1 cm³/mol. The Hall–Kier alpha value is -2.67. The van der Waals surface area contributed by atoms with Gasteiger partial charge in [0.05, 0.1) is 12.0 Å². The van der Waals surface area contributed by atoms with Crippen LogP contribution >= 0.6 is 11.3 Å². The van der Waals surface area contributed by atoms with Gasteiger partial charge in [0.1, 0.15) is 5.69 Å². The number of imidazole rings is 1. The van der Waals surface area contributed by atoms with Crippen LogP contribution in [0, 0.1) is 0 Å². The van der Waals surface area contributed by atoms with Crippen molar-refractivity contribution in [1.29, 1.82) is 0 Å². The molecule has 0 aliphatic carbocycles. The van der Waals surface area contributed by atoms with Gasteiger partial charge in [-0.15, -0.1) is 11.3 Å². The number of hydrogen-bond acceptors (Lipinski definition) is 5. The predicted octanol–water partition coefficient (Wildman–Crippen LogP) is 2.38. The minimum absolute atomic E-state index is 0.270. The van der Waals surface area contributed by atoms with Crippen molar-refractivity contribution in [2.45, 2.75) is 0 Å². The lowest BCUT2D eigenvalue weighted by molar-refractivity contribution is 0.102. The molecule has 0 saturated carbocycles. The second-order valence-electron chi connectivity index (χ2n) is 4.54. The Morgan fingerprint density at radius 1 is 1.33 bits per heavy atom. The molecule has 7 heteroatoms. The van der Waals surface area contributed by atoms with Crippen LogP contribution in [0.25, 0.3) is 11.3 Å². The number of benzene rings is 1. The number of anilines is 2. The van der Waals surface area contributed by atoms with Crippen molar-refractivity contribution in [2.75, 3.05) is 11.1 Å². The average Bonchev–Trinajstić information content (AvgIpc) is 3.09. The minimum Gasteiger partial charge on any atom is -0.399 e. The fraction of sp³-hybridized carbons (Fsp3) is 0.0714. The molecule has 0 bridgehead atoms. The summed E-state index contributed by atoms with van der Waals surface area (Å²) in [4.78, 5) is 20.4. The van der Waals surface area contributed by atoms with Crippen LogP contribution < -0.4 is 11.1 Å². The normalized spacial score (nSPS) is 10.5. The first kappa shape index (κ1) is 13.3. The van der Waals surface area contributed by atoms with Gasteiger partial charge in [-0.3, -0.25) is 10.1 Å². The maximum atomic E-state index is 12.0. The minimum atomic E-state index is -0.270. The first-order valence-corrected chi connectivity index (χ1v) is 7.10. The van der Waals surface area contributed by atoms with Crippen LogP contribution in [-0.2, 0) is 7.05 Å². The zero-order valence-electron chi connectivity index (χ0n) is 11.3. The fourth-order valence-electron chi connectivity index (χ4n) is 1.81. The first-order valence-electron chi connectivity index (χ1n) is 6.22. The topological polar surface area (TPSA) is 85.8 Å². The largest absolute Gasteiger partial charge is 0.399 e. The highest BCUT2D eigenvalue weighted by Crippen LogP contribution is 2.25. The van der Waals surface area contributed by atoms with Crippen LogP contribution in [0.15, 0.2) is 42.2 Å². The van der Waals surface area contributed by atoms with Gasteiger partial charge in [-0.1, -0.05) is 12.1 Å². The van der Waals surface area contributed by atoms with Crippen LogP contribution in [-0.4, -0.2) is 20.4 Å². The highest BCUT2D eigenvalue weighted by molar-refractivity contribution is 7.14. The second kappa shape index (κ2) is 5.37. The molecule has 0 saturated heterocycles. The van der Waals surface area contributed by atoms with Gasteiger partial charge < -0.3 is 10.3 Å². The Morgan fingerprint density at radius 2 is 2.10 bits per heavy atom. The molecule has 2 aromatic heterocycles. The van der Waals surface area contributed by atoms with E-state index in [9.17, 15) is 4.79 Å². The van der Waals surface area contributed by atoms with Gasteiger partial charge in [-0.25, -0.2) is 9.97 Å². The molecule has 1 aromatic carbocycles. The van der Waals surface area contributed by atoms with E-state index in [1.54, 1.807) is 17.1 Å². The number of aryl methyl sites for hydroxylation is 1. The lowest BCUT2D eigenvalue weighted by Gasteiger charge is -1.98. The molecule has 1 amide bonds. The van der Waals surface area contributed by atoms with Crippen molar-refractivity contribution in [2.24, 2.45) is 7.05 Å². The number of hydrogen-bond donors (Lipinski definition) is 2. The van der Waals surface area contributed by atoms with Crippen LogP contribution in [0.3, 0.4) is 0 Å². The van der Waals surface area contributed by atoms with Gasteiger partial charge >= 0.3 is 0 Å². The SMILES string of the molecule is Cn1cnc(C(=O)Nc2nc(-c3ccc(N)cc3)cs2)c1. The monoisotopic (exact) mass is 299 g/mol. The fourth-order valence-corrected chi connectivity index (χ4v) is 2.52. The molecule has 6 nitrogen and oxygen atoms in total. The standard InChI is InChI=1S/C14H13N5OS/c1-19-6-11(16-8-19)13(20)18-14-17-12(7-21-14)9-2-4-10(15)5-3-9/h2-8H,15H2,1H3,(H,17,18,20). The summed E-state index contributed by atoms with van der Waals surface area (Å²) in [6, 6.07) is 7.44. The lowest BCUT2D eigenvalue weighted by atomic mass is 10.1. The van der Waals surface area contributed by atoms with Crippen LogP contribution in [0.1, 0.15) is 10.5 Å². The van der Waals surface area contributed by atoms with Gasteiger partial charge in [-0.05, 0) is 12.1 Å². The Bertz CT molecular complexity index is 775. The Balaban J connectivity index is 1.76. The van der Waals surface area contributed by atoms with Crippen LogP contribution in [0.5, 0.6) is 0 Å². The van der Waals surface area contributed by atoms with Gasteiger partial charge in [0.2, 0.25) is 0 Å². The summed E-state index contributed by atoms with van der Waals surface area (Å²) in [6.45, 7) is 0. The molecule has 3 rings (SSSR count). The molecule has 0 spiro atoms. The third-order valence-corrected chi connectivity index (χ3v) is 3.63.